The highest BCUT2D eigenvalue weighted by Gasteiger charge is 2.34. The molecule has 12 nitrogen and oxygen atoms in total. The zero-order chi connectivity index (χ0) is 35.6. The molecule has 0 saturated carbocycles. The van der Waals surface area contributed by atoms with Crippen molar-refractivity contribution in [1.29, 1.82) is 0 Å². The van der Waals surface area contributed by atoms with Crippen molar-refractivity contribution < 1.29 is 38.2 Å². The summed E-state index contributed by atoms with van der Waals surface area (Å²) in [4.78, 5) is 74.4. The highest BCUT2D eigenvalue weighted by Crippen LogP contribution is 2.28. The minimum atomic E-state index is -0.780. The summed E-state index contributed by atoms with van der Waals surface area (Å²) in [5.41, 5.74) is 4.33. The molecule has 1 heterocycles. The van der Waals surface area contributed by atoms with Crippen LogP contribution in [0.5, 0.6) is 0 Å². The maximum absolute atomic E-state index is 13.0. The van der Waals surface area contributed by atoms with Crippen molar-refractivity contribution in [1.82, 2.24) is 20.4 Å². The molecule has 0 fully saturated rings. The Bertz CT molecular complexity index is 1630. The van der Waals surface area contributed by atoms with Crippen molar-refractivity contribution in [2.45, 2.75) is 64.7 Å². The number of carbonyl (C=O) groups is 6. The van der Waals surface area contributed by atoms with Crippen LogP contribution in [0, 0.1) is 30.6 Å². The summed E-state index contributed by atoms with van der Waals surface area (Å²) in [6.45, 7) is 5.05. The van der Waals surface area contributed by atoms with E-state index in [1.165, 1.54) is 16.8 Å². The van der Waals surface area contributed by atoms with E-state index in [0.29, 0.717) is 48.6 Å². The fraction of sp³-hybridized carbons (Fsp3) is 0.405. The van der Waals surface area contributed by atoms with Crippen LogP contribution in [0.15, 0.2) is 36.4 Å². The molecule has 1 aliphatic rings. The maximum atomic E-state index is 13.0. The molecule has 2 N–H and O–H groups in total. The first-order valence-electron chi connectivity index (χ1n) is 16.0. The molecule has 2 atom stereocenters. The number of ether oxygens (including phenoxy) is 2. The van der Waals surface area contributed by atoms with Gasteiger partial charge < -0.3 is 29.4 Å². The minimum absolute atomic E-state index is 0.141. The second-order valence-electron chi connectivity index (χ2n) is 11.2. The number of amides is 5. The summed E-state index contributed by atoms with van der Waals surface area (Å²) in [6, 6.07) is 9.39. The maximum Gasteiger partial charge on any atom is 0.255 e. The lowest BCUT2D eigenvalue weighted by atomic mass is 10.0. The van der Waals surface area contributed by atoms with Gasteiger partial charge in [-0.2, -0.15) is 0 Å². The average molecular weight is 671 g/mol. The predicted octanol–water partition coefficient (Wildman–Crippen LogP) is 1.88. The van der Waals surface area contributed by atoms with Gasteiger partial charge in [0.05, 0.1) is 19.3 Å². The number of fused-ring (bicyclic) bond motifs is 1. The van der Waals surface area contributed by atoms with Gasteiger partial charge in [0.2, 0.25) is 24.6 Å². The molecule has 2 aromatic carbocycles. The van der Waals surface area contributed by atoms with E-state index in [0.717, 1.165) is 16.7 Å². The van der Waals surface area contributed by atoms with Gasteiger partial charge in [0.25, 0.3) is 5.91 Å². The van der Waals surface area contributed by atoms with Gasteiger partial charge in [0.1, 0.15) is 25.5 Å². The van der Waals surface area contributed by atoms with Gasteiger partial charge >= 0.3 is 0 Å². The summed E-state index contributed by atoms with van der Waals surface area (Å²) < 4.78 is 11.2. The number of carbonyl (C=O) groups excluding carboxylic acids is 6. The third-order valence-electron chi connectivity index (χ3n) is 8.02. The molecule has 0 aliphatic carbocycles. The lowest BCUT2D eigenvalue weighted by Gasteiger charge is -2.27. The average Bonchev–Trinajstić information content (AvgIpc) is 3.44. The second kappa shape index (κ2) is 20.2. The molecule has 0 bridgehead atoms. The van der Waals surface area contributed by atoms with E-state index in [4.69, 9.17) is 9.47 Å². The number of aryl methyl sites for hydroxylation is 1. The lowest BCUT2D eigenvalue weighted by Crippen LogP contribution is -2.45. The number of nitrogens with zero attached hydrogens (tertiary/aromatic N) is 2. The van der Waals surface area contributed by atoms with Gasteiger partial charge in [-0.05, 0) is 54.7 Å². The topological polar surface area (TPSA) is 151 Å². The fourth-order valence-electron chi connectivity index (χ4n) is 5.38. The van der Waals surface area contributed by atoms with Crippen LogP contribution in [0.3, 0.4) is 0 Å². The van der Waals surface area contributed by atoms with Gasteiger partial charge in [-0.3, -0.25) is 29.3 Å². The summed E-state index contributed by atoms with van der Waals surface area (Å²) >= 11 is 0. The summed E-state index contributed by atoms with van der Waals surface area (Å²) in [5, 5.41) is 4.67. The van der Waals surface area contributed by atoms with Crippen LogP contribution < -0.4 is 10.6 Å². The monoisotopic (exact) mass is 670 g/mol. The quantitative estimate of drug-likeness (QED) is 0.139. The number of nitrogens with one attached hydrogen (secondary N) is 2. The van der Waals surface area contributed by atoms with Gasteiger partial charge in [-0.25, -0.2) is 0 Å². The van der Waals surface area contributed by atoms with Crippen LogP contribution >= 0.6 is 0 Å². The third kappa shape index (κ3) is 10.9. The first kappa shape index (κ1) is 38.2. The molecule has 2 aromatic rings. The number of aldehydes is 1. The molecule has 12 heteroatoms. The SMILES string of the molecule is CCCC(C(=O)NC=O)N(C=O)Cc1c(C)cccc1C#CCOCCOCC#Cc1cccc2c1CN(C(C=O)CCC(=O)NC)C2=O. The Morgan fingerprint density at radius 1 is 1.00 bits per heavy atom. The van der Waals surface area contributed by atoms with E-state index in [1.54, 1.807) is 12.1 Å². The van der Waals surface area contributed by atoms with Gasteiger partial charge in [0, 0.05) is 43.2 Å². The Morgan fingerprint density at radius 2 is 1.67 bits per heavy atom. The van der Waals surface area contributed by atoms with Crippen molar-refractivity contribution in [3.05, 3.63) is 69.8 Å². The number of rotatable bonds is 18. The van der Waals surface area contributed by atoms with E-state index in [2.05, 4.69) is 34.3 Å². The van der Waals surface area contributed by atoms with Crippen molar-refractivity contribution in [3.63, 3.8) is 0 Å². The van der Waals surface area contributed by atoms with Crippen molar-refractivity contribution in [2.75, 3.05) is 33.5 Å². The van der Waals surface area contributed by atoms with Crippen molar-refractivity contribution in [2.24, 2.45) is 0 Å². The lowest BCUT2D eigenvalue weighted by molar-refractivity contribution is -0.135. The van der Waals surface area contributed by atoms with Crippen molar-refractivity contribution >= 4 is 36.8 Å². The van der Waals surface area contributed by atoms with Crippen LogP contribution in [0.1, 0.15) is 70.8 Å². The normalized spacial score (nSPS) is 12.7. The van der Waals surface area contributed by atoms with E-state index >= 15 is 0 Å². The molecule has 258 valence electrons. The second-order valence-corrected chi connectivity index (χ2v) is 11.2. The first-order valence-corrected chi connectivity index (χ1v) is 16.0. The highest BCUT2D eigenvalue weighted by atomic mass is 16.5. The molecule has 1 aliphatic heterocycles. The number of hydrogen-bond donors (Lipinski definition) is 2. The van der Waals surface area contributed by atoms with Crippen LogP contribution in [0.25, 0.3) is 0 Å². The van der Waals surface area contributed by atoms with Crippen LogP contribution in [-0.2, 0) is 46.5 Å². The molecule has 0 saturated heterocycles. The van der Waals surface area contributed by atoms with Crippen LogP contribution in [0.2, 0.25) is 0 Å². The van der Waals surface area contributed by atoms with Gasteiger partial charge in [-0.1, -0.05) is 55.2 Å². The number of hydrogen-bond acceptors (Lipinski definition) is 8. The van der Waals surface area contributed by atoms with E-state index in [9.17, 15) is 28.8 Å². The van der Waals surface area contributed by atoms with E-state index in [-0.39, 0.29) is 64.2 Å². The molecule has 49 heavy (non-hydrogen) atoms. The first-order chi connectivity index (χ1) is 23.8. The number of benzene rings is 2. The Balaban J connectivity index is 1.49. The zero-order valence-corrected chi connectivity index (χ0v) is 28.1. The Labute approximate surface area is 286 Å². The summed E-state index contributed by atoms with van der Waals surface area (Å²) in [6.07, 6.45) is 3.08. The molecule has 5 amide bonds. The Morgan fingerprint density at radius 3 is 2.31 bits per heavy atom. The number of imide groups is 1. The zero-order valence-electron chi connectivity index (χ0n) is 28.1. The highest BCUT2D eigenvalue weighted by molar-refractivity contribution is 6.00. The fourth-order valence-corrected chi connectivity index (χ4v) is 5.38. The smallest absolute Gasteiger partial charge is 0.255 e. The summed E-state index contributed by atoms with van der Waals surface area (Å²) in [5.74, 6) is 11.1. The Kier molecular flexibility index (Phi) is 15.7. The molecular weight excluding hydrogens is 628 g/mol. The largest absolute Gasteiger partial charge is 0.366 e. The molecule has 3 rings (SSSR count). The van der Waals surface area contributed by atoms with Crippen molar-refractivity contribution in [3.8, 4) is 23.7 Å². The van der Waals surface area contributed by atoms with E-state index < -0.39 is 18.0 Å². The van der Waals surface area contributed by atoms with Gasteiger partial charge in [-0.15, -0.1) is 0 Å². The molecular formula is C37H42N4O8. The molecule has 0 spiro atoms. The third-order valence-corrected chi connectivity index (χ3v) is 8.02. The van der Waals surface area contributed by atoms with Crippen LogP contribution in [-0.4, -0.2) is 92.2 Å². The molecule has 0 radical (unpaired) electrons. The van der Waals surface area contributed by atoms with Crippen LogP contribution in [0.4, 0.5) is 0 Å². The predicted molar refractivity (Wildman–Crippen MR) is 181 cm³/mol. The molecule has 0 aromatic heterocycles. The Hall–Kier alpha value is -5.30. The minimum Gasteiger partial charge on any atom is -0.366 e. The summed E-state index contributed by atoms with van der Waals surface area (Å²) in [7, 11) is 1.52. The van der Waals surface area contributed by atoms with Gasteiger partial charge in [0.15, 0.2) is 0 Å². The molecule has 2 unspecified atom stereocenters. The van der Waals surface area contributed by atoms with E-state index in [1.807, 2.05) is 38.1 Å². The standard InChI is InChI=1S/C37H42N4O8/c1-4-9-34(36(46)39-25-43)40(26-44)22-32-27(2)10-5-11-28(32)13-7-18-48-20-21-49-19-8-14-29-12-6-15-31-33(29)23-41(37(31)47)30(24-42)16-17-35(45)38-3/h5-6,10-12,15,24-26,30,34H,4,9,16-23H2,1-3H3,(H,38,45)(H,39,43,46).